The van der Waals surface area contributed by atoms with Crippen molar-refractivity contribution < 1.29 is 9.50 Å². The van der Waals surface area contributed by atoms with E-state index in [0.29, 0.717) is 12.1 Å². The Morgan fingerprint density at radius 3 is 2.33 bits per heavy atom. The molecule has 0 amide bonds. The lowest BCUT2D eigenvalue weighted by atomic mass is 10.1. The molecule has 0 atom stereocenters. The molecule has 4 nitrogen and oxygen atoms in total. The molecule has 0 saturated heterocycles. The van der Waals surface area contributed by atoms with Crippen LogP contribution in [0.5, 0.6) is 0 Å². The van der Waals surface area contributed by atoms with Gasteiger partial charge in [0.15, 0.2) is 5.96 Å². The zero-order valence-corrected chi connectivity index (χ0v) is 11.3. The van der Waals surface area contributed by atoms with Crippen molar-refractivity contribution in [2.45, 2.75) is 13.2 Å². The van der Waals surface area contributed by atoms with Gasteiger partial charge >= 0.3 is 0 Å². The number of aliphatic hydroxyl groups is 1. The maximum atomic E-state index is 13.2. The van der Waals surface area contributed by atoms with E-state index in [4.69, 9.17) is 5.11 Å². The minimum absolute atomic E-state index is 0.294. The van der Waals surface area contributed by atoms with Gasteiger partial charge in [0, 0.05) is 33.8 Å². The highest BCUT2D eigenvalue weighted by Crippen LogP contribution is 2.11. The smallest absolute Gasteiger partial charge is 0.195 e. The second-order valence-electron chi connectivity index (χ2n) is 4.49. The molecule has 5 heteroatoms. The summed E-state index contributed by atoms with van der Waals surface area (Å²) < 4.78 is 13.2. The maximum Gasteiger partial charge on any atom is 0.195 e. The van der Waals surface area contributed by atoms with Crippen molar-refractivity contribution in [1.29, 1.82) is 0 Å². The highest BCUT2D eigenvalue weighted by molar-refractivity contribution is 5.79. The van der Waals surface area contributed by atoms with Crippen LogP contribution in [-0.4, -0.2) is 49.1 Å². The van der Waals surface area contributed by atoms with Crippen molar-refractivity contribution in [3.8, 4) is 0 Å². The molecule has 0 radical (unpaired) electrons. The molecule has 0 heterocycles. The van der Waals surface area contributed by atoms with E-state index in [1.54, 1.807) is 12.1 Å². The molecular formula is C13H20FN3O. The van der Waals surface area contributed by atoms with E-state index in [1.165, 1.54) is 6.07 Å². The van der Waals surface area contributed by atoms with E-state index in [9.17, 15) is 4.39 Å². The predicted molar refractivity (Wildman–Crippen MR) is 70.8 cm³/mol. The number of nitrogens with zero attached hydrogens (tertiary/aromatic N) is 3. The Bertz CT molecular complexity index is 420. The fourth-order valence-corrected chi connectivity index (χ4v) is 1.69. The zero-order chi connectivity index (χ0) is 13.7. The summed E-state index contributed by atoms with van der Waals surface area (Å²) in [6, 6.07) is 4.68. The van der Waals surface area contributed by atoms with E-state index in [2.05, 4.69) is 4.99 Å². The lowest BCUT2D eigenvalue weighted by Gasteiger charge is -2.22. The van der Waals surface area contributed by atoms with E-state index in [1.807, 2.05) is 38.0 Å². The number of aliphatic imine (C=N–C) groups is 1. The van der Waals surface area contributed by atoms with Crippen LogP contribution in [0.15, 0.2) is 23.2 Å². The van der Waals surface area contributed by atoms with Gasteiger partial charge in [0.05, 0.1) is 13.2 Å². The topological polar surface area (TPSA) is 39.1 Å². The number of hydrogen-bond acceptors (Lipinski definition) is 2. The quantitative estimate of drug-likeness (QED) is 0.652. The highest BCUT2D eigenvalue weighted by Gasteiger charge is 2.05. The Morgan fingerprint density at radius 1 is 1.22 bits per heavy atom. The average molecular weight is 253 g/mol. The first-order valence-corrected chi connectivity index (χ1v) is 5.73. The van der Waals surface area contributed by atoms with Gasteiger partial charge < -0.3 is 14.9 Å². The van der Waals surface area contributed by atoms with E-state index >= 15 is 0 Å². The fourth-order valence-electron chi connectivity index (χ4n) is 1.69. The summed E-state index contributed by atoms with van der Waals surface area (Å²) in [6.07, 6.45) is 0. The molecule has 1 N–H and O–H groups in total. The van der Waals surface area contributed by atoms with Crippen LogP contribution in [0.4, 0.5) is 4.39 Å². The van der Waals surface area contributed by atoms with E-state index in [0.717, 1.165) is 11.5 Å². The number of guanidine groups is 1. The van der Waals surface area contributed by atoms with Crippen LogP contribution in [-0.2, 0) is 13.2 Å². The first-order chi connectivity index (χ1) is 8.45. The molecule has 0 fully saturated rings. The summed E-state index contributed by atoms with van der Waals surface area (Å²) in [7, 11) is 7.68. The zero-order valence-electron chi connectivity index (χ0n) is 11.3. The van der Waals surface area contributed by atoms with Crippen molar-refractivity contribution in [3.05, 3.63) is 35.1 Å². The van der Waals surface area contributed by atoms with Gasteiger partial charge in [-0.05, 0) is 17.7 Å². The summed E-state index contributed by atoms with van der Waals surface area (Å²) >= 11 is 0. The van der Waals surface area contributed by atoms with Gasteiger partial charge in [-0.1, -0.05) is 6.07 Å². The van der Waals surface area contributed by atoms with Crippen molar-refractivity contribution >= 4 is 5.96 Å². The van der Waals surface area contributed by atoms with Gasteiger partial charge in [-0.15, -0.1) is 0 Å². The van der Waals surface area contributed by atoms with Crippen LogP contribution in [0.3, 0.4) is 0 Å². The number of benzene rings is 1. The molecular weight excluding hydrogens is 233 g/mol. The van der Waals surface area contributed by atoms with Gasteiger partial charge in [-0.2, -0.15) is 0 Å². The minimum Gasteiger partial charge on any atom is -0.392 e. The van der Waals surface area contributed by atoms with Gasteiger partial charge in [-0.25, -0.2) is 9.38 Å². The third-order valence-electron chi connectivity index (χ3n) is 2.48. The lowest BCUT2D eigenvalue weighted by Crippen LogP contribution is -2.35. The van der Waals surface area contributed by atoms with Crippen LogP contribution in [0.25, 0.3) is 0 Å². The predicted octanol–water partition coefficient (Wildman–Crippen LogP) is 1.30. The minimum atomic E-state index is -0.384. The van der Waals surface area contributed by atoms with E-state index in [-0.39, 0.29) is 12.4 Å². The molecule has 0 unspecified atom stereocenters. The van der Waals surface area contributed by atoms with Crippen LogP contribution in [0.2, 0.25) is 0 Å². The third kappa shape index (κ3) is 3.70. The van der Waals surface area contributed by atoms with Gasteiger partial charge in [0.2, 0.25) is 0 Å². The number of aliphatic hydroxyl groups excluding tert-OH is 1. The summed E-state index contributed by atoms with van der Waals surface area (Å²) in [4.78, 5) is 8.29. The van der Waals surface area contributed by atoms with Crippen LogP contribution >= 0.6 is 0 Å². The maximum absolute atomic E-state index is 13.2. The molecule has 0 spiro atoms. The van der Waals surface area contributed by atoms with Crippen molar-refractivity contribution in [3.63, 3.8) is 0 Å². The molecule has 0 aliphatic rings. The molecule has 18 heavy (non-hydrogen) atoms. The van der Waals surface area contributed by atoms with Crippen molar-refractivity contribution in [2.24, 2.45) is 4.99 Å². The van der Waals surface area contributed by atoms with E-state index < -0.39 is 0 Å². The van der Waals surface area contributed by atoms with Gasteiger partial charge in [0.1, 0.15) is 5.82 Å². The molecule has 0 saturated carbocycles. The van der Waals surface area contributed by atoms with Gasteiger partial charge in [0.25, 0.3) is 0 Å². The summed E-state index contributed by atoms with van der Waals surface area (Å²) in [6.45, 7) is 0.163. The summed E-state index contributed by atoms with van der Waals surface area (Å²) in [5, 5.41) is 9.00. The third-order valence-corrected chi connectivity index (χ3v) is 2.48. The Balaban J connectivity index is 2.87. The van der Waals surface area contributed by atoms with Gasteiger partial charge in [-0.3, -0.25) is 0 Å². The summed E-state index contributed by atoms with van der Waals surface area (Å²) in [5.74, 6) is 0.454. The van der Waals surface area contributed by atoms with Crippen LogP contribution < -0.4 is 0 Å². The molecule has 100 valence electrons. The average Bonchev–Trinajstić information content (AvgIpc) is 2.30. The monoisotopic (exact) mass is 253 g/mol. The highest BCUT2D eigenvalue weighted by atomic mass is 19.1. The Labute approximate surface area is 107 Å². The summed E-state index contributed by atoms with van der Waals surface area (Å²) in [5.41, 5.74) is 1.18. The van der Waals surface area contributed by atoms with Crippen LogP contribution in [0, 0.1) is 5.82 Å². The molecule has 0 bridgehead atoms. The fraction of sp³-hybridized carbons (Fsp3) is 0.462. The largest absolute Gasteiger partial charge is 0.392 e. The van der Waals surface area contributed by atoms with Crippen molar-refractivity contribution in [2.75, 3.05) is 28.2 Å². The molecule has 0 aromatic heterocycles. The Kier molecular flexibility index (Phi) is 5.09. The first-order valence-electron chi connectivity index (χ1n) is 5.73. The number of rotatable bonds is 3. The molecule has 0 aliphatic carbocycles. The first kappa shape index (κ1) is 14.4. The molecule has 1 aromatic carbocycles. The van der Waals surface area contributed by atoms with Crippen molar-refractivity contribution in [1.82, 2.24) is 9.80 Å². The molecule has 1 rings (SSSR count). The second-order valence-corrected chi connectivity index (χ2v) is 4.49. The normalized spacial score (nSPS) is 10.1. The number of halogens is 1. The molecule has 0 aliphatic heterocycles. The second kappa shape index (κ2) is 6.35. The standard InChI is InChI=1S/C13H20FN3O/c1-16(2)13(17(3)4)15-8-10-5-6-12(14)11(7-10)9-18/h5-7,18H,8-9H2,1-4H3. The Morgan fingerprint density at radius 2 is 1.83 bits per heavy atom. The lowest BCUT2D eigenvalue weighted by molar-refractivity contribution is 0.275. The van der Waals surface area contributed by atoms with Crippen LogP contribution in [0.1, 0.15) is 11.1 Å². The molecule has 1 aromatic rings. The number of hydrogen-bond donors (Lipinski definition) is 1. The SMILES string of the molecule is CN(C)C(=NCc1ccc(F)c(CO)c1)N(C)C. The Hall–Kier alpha value is -1.62.